The summed E-state index contributed by atoms with van der Waals surface area (Å²) in [5, 5.41) is 8.66. The summed E-state index contributed by atoms with van der Waals surface area (Å²) < 4.78 is 37.7. The van der Waals surface area contributed by atoms with Crippen LogP contribution < -0.4 is 10.9 Å². The molecular weight excluding hydrogens is 361 g/mol. The maximum absolute atomic E-state index is 12.6. The topological polar surface area (TPSA) is 87.7 Å². The number of carbonyl (C=O) groups is 1. The lowest BCUT2D eigenvalue weighted by Gasteiger charge is -2.09. The highest BCUT2D eigenvalue weighted by Gasteiger charge is 2.29. The number of rotatable bonds is 4. The van der Waals surface area contributed by atoms with Gasteiger partial charge < -0.3 is 5.32 Å². The van der Waals surface area contributed by atoms with Gasteiger partial charge in [-0.05, 0) is 35.9 Å². The van der Waals surface area contributed by atoms with Crippen LogP contribution >= 0.6 is 0 Å². The molecule has 9 heteroatoms. The Morgan fingerprint density at radius 2 is 1.74 bits per heavy atom. The van der Waals surface area contributed by atoms with Gasteiger partial charge in [-0.15, -0.1) is 0 Å². The van der Waals surface area contributed by atoms with Gasteiger partial charge in [0.1, 0.15) is 5.56 Å². The number of pyridine rings is 1. The summed E-state index contributed by atoms with van der Waals surface area (Å²) in [6, 6.07) is 9.08. The fraction of sp³-hybridized carbons (Fsp3) is 0.111. The molecule has 0 aliphatic rings. The Hall–Kier alpha value is -3.49. The number of aromatic amines is 1. The fourth-order valence-corrected chi connectivity index (χ4v) is 2.33. The maximum Gasteiger partial charge on any atom is 0.416 e. The van der Waals surface area contributed by atoms with Crippen LogP contribution in [-0.2, 0) is 12.7 Å². The number of benzene rings is 1. The number of nitrogens with one attached hydrogen (secondary N) is 2. The standard InChI is InChI=1S/C18H13F3N4O2/c19-18(20,21)13-3-1-11(2-4-13)10-23-16(26)14-9-15(24-25-17(14)27)12-5-7-22-8-6-12/h1-9H,10H2,(H,23,26)(H,25,27). The third kappa shape index (κ3) is 4.38. The van der Waals surface area contributed by atoms with Crippen LogP contribution in [0.1, 0.15) is 21.5 Å². The Labute approximate surface area is 151 Å². The van der Waals surface area contributed by atoms with Crippen LogP contribution in [0.5, 0.6) is 0 Å². The molecule has 2 aromatic heterocycles. The second-order valence-corrected chi connectivity index (χ2v) is 5.61. The highest BCUT2D eigenvalue weighted by Crippen LogP contribution is 2.29. The maximum atomic E-state index is 12.6. The number of alkyl halides is 3. The summed E-state index contributed by atoms with van der Waals surface area (Å²) in [7, 11) is 0. The van der Waals surface area contributed by atoms with Gasteiger partial charge >= 0.3 is 6.18 Å². The van der Waals surface area contributed by atoms with Gasteiger partial charge in [-0.3, -0.25) is 14.6 Å². The molecule has 0 aliphatic heterocycles. The lowest BCUT2D eigenvalue weighted by Crippen LogP contribution is -2.29. The van der Waals surface area contributed by atoms with Crippen molar-refractivity contribution in [3.8, 4) is 11.3 Å². The lowest BCUT2D eigenvalue weighted by atomic mass is 10.1. The van der Waals surface area contributed by atoms with E-state index in [9.17, 15) is 22.8 Å². The Bertz CT molecular complexity index is 1000. The molecule has 0 fully saturated rings. The first-order chi connectivity index (χ1) is 12.8. The van der Waals surface area contributed by atoms with Gasteiger partial charge in [0.15, 0.2) is 0 Å². The molecule has 3 rings (SSSR count). The van der Waals surface area contributed by atoms with Crippen molar-refractivity contribution < 1.29 is 18.0 Å². The lowest BCUT2D eigenvalue weighted by molar-refractivity contribution is -0.137. The van der Waals surface area contributed by atoms with Crippen molar-refractivity contribution in [2.24, 2.45) is 0 Å². The average molecular weight is 374 g/mol. The van der Waals surface area contributed by atoms with Crippen molar-refractivity contribution in [1.29, 1.82) is 0 Å². The largest absolute Gasteiger partial charge is 0.416 e. The molecule has 1 amide bonds. The smallest absolute Gasteiger partial charge is 0.348 e. The SMILES string of the molecule is O=C(NCc1ccc(C(F)(F)F)cc1)c1cc(-c2ccncc2)n[nH]c1=O. The van der Waals surface area contributed by atoms with Gasteiger partial charge in [0.2, 0.25) is 0 Å². The third-order valence-electron chi connectivity index (χ3n) is 3.76. The zero-order chi connectivity index (χ0) is 19.4. The van der Waals surface area contributed by atoms with Gasteiger partial charge in [-0.1, -0.05) is 12.1 Å². The van der Waals surface area contributed by atoms with E-state index in [4.69, 9.17) is 0 Å². The number of hydrogen-bond acceptors (Lipinski definition) is 4. The number of aromatic nitrogens is 3. The molecule has 2 N–H and O–H groups in total. The predicted octanol–water partition coefficient (Wildman–Crippen LogP) is 2.78. The van der Waals surface area contributed by atoms with Crippen molar-refractivity contribution in [3.63, 3.8) is 0 Å². The van der Waals surface area contributed by atoms with Crippen molar-refractivity contribution in [2.75, 3.05) is 0 Å². The van der Waals surface area contributed by atoms with E-state index in [1.165, 1.54) is 18.2 Å². The van der Waals surface area contributed by atoms with Crippen LogP contribution in [0, 0.1) is 0 Å². The zero-order valence-electron chi connectivity index (χ0n) is 13.7. The minimum atomic E-state index is -4.42. The molecule has 0 atom stereocenters. The summed E-state index contributed by atoms with van der Waals surface area (Å²) in [5.74, 6) is -0.658. The molecule has 0 saturated heterocycles. The molecule has 0 spiro atoms. The highest BCUT2D eigenvalue weighted by molar-refractivity contribution is 5.94. The molecule has 0 unspecified atom stereocenters. The van der Waals surface area contributed by atoms with Crippen LogP contribution in [0.15, 0.2) is 59.7 Å². The summed E-state index contributed by atoms with van der Waals surface area (Å²) >= 11 is 0. The summed E-state index contributed by atoms with van der Waals surface area (Å²) in [6.07, 6.45) is -1.32. The monoisotopic (exact) mass is 374 g/mol. The molecule has 138 valence electrons. The number of amides is 1. The Balaban J connectivity index is 1.74. The number of carbonyl (C=O) groups excluding carboxylic acids is 1. The highest BCUT2D eigenvalue weighted by atomic mass is 19.4. The van der Waals surface area contributed by atoms with Crippen molar-refractivity contribution >= 4 is 5.91 Å². The molecule has 3 aromatic rings. The first-order valence-corrected chi connectivity index (χ1v) is 7.79. The summed E-state index contributed by atoms with van der Waals surface area (Å²) in [4.78, 5) is 28.1. The molecule has 6 nitrogen and oxygen atoms in total. The van der Waals surface area contributed by atoms with Crippen molar-refractivity contribution in [1.82, 2.24) is 20.5 Å². The second kappa shape index (κ2) is 7.40. The van der Waals surface area contributed by atoms with E-state index in [-0.39, 0.29) is 12.1 Å². The van der Waals surface area contributed by atoms with Crippen LogP contribution in [-0.4, -0.2) is 21.1 Å². The summed E-state index contributed by atoms with van der Waals surface area (Å²) in [5.41, 5.74) is -0.0718. The van der Waals surface area contributed by atoms with E-state index in [1.807, 2.05) is 0 Å². The third-order valence-corrected chi connectivity index (χ3v) is 3.76. The molecule has 0 bridgehead atoms. The normalized spacial score (nSPS) is 11.2. The van der Waals surface area contributed by atoms with Gasteiger partial charge in [-0.25, -0.2) is 5.10 Å². The van der Waals surface area contributed by atoms with E-state index in [1.54, 1.807) is 24.5 Å². The molecule has 0 aliphatic carbocycles. The van der Waals surface area contributed by atoms with Gasteiger partial charge in [-0.2, -0.15) is 18.3 Å². The fourth-order valence-electron chi connectivity index (χ4n) is 2.33. The predicted molar refractivity (Wildman–Crippen MR) is 90.7 cm³/mol. The first-order valence-electron chi connectivity index (χ1n) is 7.79. The molecule has 0 radical (unpaired) electrons. The molecule has 27 heavy (non-hydrogen) atoms. The van der Waals surface area contributed by atoms with Gasteiger partial charge in [0.05, 0.1) is 11.3 Å². The van der Waals surface area contributed by atoms with Crippen LogP contribution in [0.4, 0.5) is 13.2 Å². The second-order valence-electron chi connectivity index (χ2n) is 5.61. The minimum Gasteiger partial charge on any atom is -0.348 e. The molecule has 0 saturated carbocycles. The Morgan fingerprint density at radius 1 is 1.07 bits per heavy atom. The Morgan fingerprint density at radius 3 is 2.37 bits per heavy atom. The van der Waals surface area contributed by atoms with E-state index in [2.05, 4.69) is 20.5 Å². The molecule has 1 aromatic carbocycles. The first kappa shape index (κ1) is 18.3. The number of H-pyrrole nitrogens is 1. The quantitative estimate of drug-likeness (QED) is 0.735. The number of hydrogen-bond donors (Lipinski definition) is 2. The van der Waals surface area contributed by atoms with E-state index < -0.39 is 23.2 Å². The summed E-state index contributed by atoms with van der Waals surface area (Å²) in [6.45, 7) is -0.0245. The minimum absolute atomic E-state index is 0.0245. The van der Waals surface area contributed by atoms with Crippen LogP contribution in [0.3, 0.4) is 0 Å². The van der Waals surface area contributed by atoms with Crippen LogP contribution in [0.2, 0.25) is 0 Å². The van der Waals surface area contributed by atoms with E-state index in [0.717, 1.165) is 12.1 Å². The van der Waals surface area contributed by atoms with Gasteiger partial charge in [0.25, 0.3) is 11.5 Å². The number of nitrogens with zero attached hydrogens (tertiary/aromatic N) is 2. The van der Waals surface area contributed by atoms with Gasteiger partial charge in [0, 0.05) is 24.5 Å². The Kier molecular flexibility index (Phi) is 5.02. The molecule has 2 heterocycles. The van der Waals surface area contributed by atoms with E-state index in [0.29, 0.717) is 16.8 Å². The van der Waals surface area contributed by atoms with E-state index >= 15 is 0 Å². The number of halogens is 3. The molecular formula is C18H13F3N4O2. The van der Waals surface area contributed by atoms with Crippen molar-refractivity contribution in [3.05, 3.63) is 81.9 Å². The van der Waals surface area contributed by atoms with Crippen LogP contribution in [0.25, 0.3) is 11.3 Å². The average Bonchev–Trinajstić information content (AvgIpc) is 2.67. The zero-order valence-corrected chi connectivity index (χ0v) is 13.7. The van der Waals surface area contributed by atoms with Crippen molar-refractivity contribution in [2.45, 2.75) is 12.7 Å².